The highest BCUT2D eigenvalue weighted by Gasteiger charge is 2.22. The highest BCUT2D eigenvalue weighted by molar-refractivity contribution is 9.11. The zero-order valence-electron chi connectivity index (χ0n) is 8.47. The summed E-state index contributed by atoms with van der Waals surface area (Å²) in [5, 5.41) is 2.75. The van der Waals surface area contributed by atoms with Crippen molar-refractivity contribution in [3.63, 3.8) is 0 Å². The average Bonchev–Trinajstić information content (AvgIpc) is 2.08. The van der Waals surface area contributed by atoms with Gasteiger partial charge < -0.3 is 11.1 Å². The monoisotopic (exact) mass is 334 g/mol. The van der Waals surface area contributed by atoms with Crippen LogP contribution in [-0.2, 0) is 4.79 Å². The molecule has 82 valence electrons. The van der Waals surface area contributed by atoms with Crippen LogP contribution < -0.4 is 11.1 Å². The van der Waals surface area contributed by atoms with Gasteiger partial charge in [0.1, 0.15) is 0 Å². The van der Waals surface area contributed by atoms with Gasteiger partial charge in [0.05, 0.1) is 11.2 Å². The Bertz CT molecular complexity index is 385. The maximum Gasteiger partial charge on any atom is 0.243 e. The number of rotatable bonds is 2. The van der Waals surface area contributed by atoms with E-state index in [-0.39, 0.29) is 5.91 Å². The molecular weight excluding hydrogens is 324 g/mol. The first-order chi connectivity index (χ1) is 6.80. The van der Waals surface area contributed by atoms with Crippen LogP contribution in [0, 0.1) is 0 Å². The summed E-state index contributed by atoms with van der Waals surface area (Å²) in [6.07, 6.45) is 0. The smallest absolute Gasteiger partial charge is 0.243 e. The molecule has 0 aliphatic rings. The Morgan fingerprint density at radius 1 is 1.40 bits per heavy atom. The lowest BCUT2D eigenvalue weighted by Gasteiger charge is -2.18. The number of benzene rings is 1. The minimum absolute atomic E-state index is 0.217. The summed E-state index contributed by atoms with van der Waals surface area (Å²) < 4.78 is 1.76. The first kappa shape index (κ1) is 12.7. The fourth-order valence-corrected chi connectivity index (χ4v) is 2.02. The number of halogens is 2. The summed E-state index contributed by atoms with van der Waals surface area (Å²) in [6, 6.07) is 5.51. The molecule has 1 rings (SSSR count). The van der Waals surface area contributed by atoms with Crippen molar-refractivity contribution in [2.75, 3.05) is 5.32 Å². The van der Waals surface area contributed by atoms with Crippen LogP contribution in [0.5, 0.6) is 0 Å². The zero-order valence-corrected chi connectivity index (χ0v) is 11.6. The maximum atomic E-state index is 11.6. The molecule has 5 heteroatoms. The van der Waals surface area contributed by atoms with E-state index in [4.69, 9.17) is 5.73 Å². The quantitative estimate of drug-likeness (QED) is 0.873. The van der Waals surface area contributed by atoms with Gasteiger partial charge in [0, 0.05) is 8.95 Å². The topological polar surface area (TPSA) is 55.1 Å². The molecule has 0 unspecified atom stereocenters. The first-order valence-corrected chi connectivity index (χ1v) is 5.94. The van der Waals surface area contributed by atoms with Crippen LogP contribution in [0.25, 0.3) is 0 Å². The molecule has 0 spiro atoms. The number of anilines is 1. The number of carbonyl (C=O) groups excluding carboxylic acids is 1. The summed E-state index contributed by atoms with van der Waals surface area (Å²) in [4.78, 5) is 11.6. The standard InChI is InChI=1S/C10H12Br2N2O/c1-10(2,13)9(15)14-8-4-3-6(11)5-7(8)12/h3-5H,13H2,1-2H3,(H,14,15). The molecule has 0 aliphatic carbocycles. The van der Waals surface area contributed by atoms with E-state index in [2.05, 4.69) is 37.2 Å². The summed E-state index contributed by atoms with van der Waals surface area (Å²) in [5.41, 5.74) is 5.50. The molecule has 0 heterocycles. The van der Waals surface area contributed by atoms with Crippen molar-refractivity contribution in [2.45, 2.75) is 19.4 Å². The van der Waals surface area contributed by atoms with E-state index < -0.39 is 5.54 Å². The Labute approximate surface area is 106 Å². The van der Waals surface area contributed by atoms with E-state index in [1.807, 2.05) is 12.1 Å². The lowest BCUT2D eigenvalue weighted by atomic mass is 10.1. The van der Waals surface area contributed by atoms with Gasteiger partial charge >= 0.3 is 0 Å². The summed E-state index contributed by atoms with van der Waals surface area (Å²) in [6.45, 7) is 3.32. The molecule has 3 N–H and O–H groups in total. The summed E-state index contributed by atoms with van der Waals surface area (Å²) in [7, 11) is 0. The van der Waals surface area contributed by atoms with Gasteiger partial charge in [-0.05, 0) is 48.0 Å². The third kappa shape index (κ3) is 3.59. The van der Waals surface area contributed by atoms with Crippen molar-refractivity contribution in [1.29, 1.82) is 0 Å². The van der Waals surface area contributed by atoms with Gasteiger partial charge in [-0.3, -0.25) is 4.79 Å². The molecule has 0 atom stereocenters. The molecule has 0 fully saturated rings. The fourth-order valence-electron chi connectivity index (χ4n) is 0.874. The number of hydrogen-bond donors (Lipinski definition) is 2. The molecule has 1 aromatic rings. The van der Waals surface area contributed by atoms with Crippen LogP contribution >= 0.6 is 31.9 Å². The Hall–Kier alpha value is -0.390. The number of nitrogens with one attached hydrogen (secondary N) is 1. The molecule has 3 nitrogen and oxygen atoms in total. The van der Waals surface area contributed by atoms with Crippen LogP contribution in [-0.4, -0.2) is 11.4 Å². The molecule has 0 saturated heterocycles. The average molecular weight is 336 g/mol. The van der Waals surface area contributed by atoms with E-state index in [1.165, 1.54) is 0 Å². The molecule has 0 saturated carbocycles. The van der Waals surface area contributed by atoms with E-state index in [0.717, 1.165) is 8.95 Å². The van der Waals surface area contributed by atoms with Crippen molar-refractivity contribution >= 4 is 43.5 Å². The van der Waals surface area contributed by atoms with Crippen LogP contribution in [0.3, 0.4) is 0 Å². The van der Waals surface area contributed by atoms with Gasteiger partial charge in [-0.2, -0.15) is 0 Å². The predicted molar refractivity (Wildman–Crippen MR) is 68.7 cm³/mol. The highest BCUT2D eigenvalue weighted by Crippen LogP contribution is 2.26. The molecule has 0 aliphatic heterocycles. The van der Waals surface area contributed by atoms with E-state index in [9.17, 15) is 4.79 Å². The van der Waals surface area contributed by atoms with Gasteiger partial charge in [-0.15, -0.1) is 0 Å². The lowest BCUT2D eigenvalue weighted by molar-refractivity contribution is -0.120. The molecule has 1 amide bonds. The zero-order chi connectivity index (χ0) is 11.6. The molecule has 0 bridgehead atoms. The second-order valence-electron chi connectivity index (χ2n) is 3.80. The Kier molecular flexibility index (Phi) is 3.92. The molecule has 0 aromatic heterocycles. The predicted octanol–water partition coefficient (Wildman–Crippen LogP) is 2.89. The normalized spacial score (nSPS) is 11.3. The number of amides is 1. The maximum absolute atomic E-state index is 11.6. The third-order valence-corrected chi connectivity index (χ3v) is 2.91. The van der Waals surface area contributed by atoms with Crippen LogP contribution in [0.15, 0.2) is 27.1 Å². The van der Waals surface area contributed by atoms with Gasteiger partial charge in [-0.1, -0.05) is 15.9 Å². The van der Waals surface area contributed by atoms with Crippen LogP contribution in [0.1, 0.15) is 13.8 Å². The Balaban J connectivity index is 2.87. The van der Waals surface area contributed by atoms with E-state index >= 15 is 0 Å². The Morgan fingerprint density at radius 2 is 2.00 bits per heavy atom. The Morgan fingerprint density at radius 3 is 2.47 bits per heavy atom. The van der Waals surface area contributed by atoms with Crippen molar-refractivity contribution in [3.05, 3.63) is 27.1 Å². The minimum Gasteiger partial charge on any atom is -0.323 e. The van der Waals surface area contributed by atoms with E-state index in [0.29, 0.717) is 5.69 Å². The first-order valence-electron chi connectivity index (χ1n) is 4.36. The second-order valence-corrected chi connectivity index (χ2v) is 5.57. The SMILES string of the molecule is CC(C)(N)C(=O)Nc1ccc(Br)cc1Br. The van der Waals surface area contributed by atoms with E-state index in [1.54, 1.807) is 19.9 Å². The summed E-state index contributed by atoms with van der Waals surface area (Å²) >= 11 is 6.69. The molecular formula is C10H12Br2N2O. The molecule has 1 aromatic carbocycles. The third-order valence-electron chi connectivity index (χ3n) is 1.76. The highest BCUT2D eigenvalue weighted by atomic mass is 79.9. The minimum atomic E-state index is -0.882. The molecule has 0 radical (unpaired) electrons. The van der Waals surface area contributed by atoms with Crippen LogP contribution in [0.4, 0.5) is 5.69 Å². The van der Waals surface area contributed by atoms with Crippen molar-refractivity contribution in [2.24, 2.45) is 5.73 Å². The number of hydrogen-bond acceptors (Lipinski definition) is 2. The fraction of sp³-hybridized carbons (Fsp3) is 0.300. The van der Waals surface area contributed by atoms with Crippen molar-refractivity contribution in [1.82, 2.24) is 0 Å². The largest absolute Gasteiger partial charge is 0.323 e. The second kappa shape index (κ2) is 4.63. The van der Waals surface area contributed by atoms with Gasteiger partial charge in [0.15, 0.2) is 0 Å². The van der Waals surface area contributed by atoms with Gasteiger partial charge in [0.25, 0.3) is 0 Å². The summed E-state index contributed by atoms with van der Waals surface area (Å²) in [5.74, 6) is -0.217. The van der Waals surface area contributed by atoms with Gasteiger partial charge in [-0.25, -0.2) is 0 Å². The van der Waals surface area contributed by atoms with Crippen LogP contribution in [0.2, 0.25) is 0 Å². The molecule has 15 heavy (non-hydrogen) atoms. The van der Waals surface area contributed by atoms with Crippen molar-refractivity contribution in [3.8, 4) is 0 Å². The number of nitrogens with two attached hydrogens (primary N) is 1. The lowest BCUT2D eigenvalue weighted by Crippen LogP contribution is -2.45. The van der Waals surface area contributed by atoms with Gasteiger partial charge in [0.2, 0.25) is 5.91 Å². The van der Waals surface area contributed by atoms with Crippen molar-refractivity contribution < 1.29 is 4.79 Å². The number of carbonyl (C=O) groups is 1.